The van der Waals surface area contributed by atoms with Crippen LogP contribution in [-0.2, 0) is 14.8 Å². The number of hydrogen-bond acceptors (Lipinski definition) is 5. The highest BCUT2D eigenvalue weighted by Crippen LogP contribution is 2.32. The van der Waals surface area contributed by atoms with Gasteiger partial charge in [0.15, 0.2) is 6.10 Å². The number of benzene rings is 2. The molecule has 0 fully saturated rings. The summed E-state index contributed by atoms with van der Waals surface area (Å²) < 4.78 is 38.6. The van der Waals surface area contributed by atoms with Crippen LogP contribution in [0.15, 0.2) is 53.4 Å². The van der Waals surface area contributed by atoms with Gasteiger partial charge in [0.2, 0.25) is 10.0 Å². The summed E-state index contributed by atoms with van der Waals surface area (Å²) in [5.74, 6) is 0.823. The van der Waals surface area contributed by atoms with E-state index in [-0.39, 0.29) is 23.5 Å². The van der Waals surface area contributed by atoms with E-state index in [1.165, 1.54) is 17.0 Å². The highest BCUT2D eigenvalue weighted by molar-refractivity contribution is 7.89. The molecule has 0 radical (unpaired) electrons. The van der Waals surface area contributed by atoms with Crippen LogP contribution in [0.2, 0.25) is 0 Å². The van der Waals surface area contributed by atoms with Crippen LogP contribution in [0.5, 0.6) is 11.5 Å². The zero-order valence-corrected chi connectivity index (χ0v) is 16.2. The molecule has 0 aliphatic carbocycles. The molecule has 144 valence electrons. The summed E-state index contributed by atoms with van der Waals surface area (Å²) in [6, 6.07) is 13.2. The van der Waals surface area contributed by atoms with Gasteiger partial charge in [-0.25, -0.2) is 13.1 Å². The molecule has 7 nitrogen and oxygen atoms in total. The van der Waals surface area contributed by atoms with E-state index < -0.39 is 16.1 Å². The van der Waals surface area contributed by atoms with Crippen molar-refractivity contribution in [1.29, 1.82) is 0 Å². The average molecular weight is 390 g/mol. The van der Waals surface area contributed by atoms with Gasteiger partial charge in [-0.1, -0.05) is 12.1 Å². The van der Waals surface area contributed by atoms with E-state index in [2.05, 4.69) is 4.72 Å². The van der Waals surface area contributed by atoms with E-state index in [9.17, 15) is 13.2 Å². The van der Waals surface area contributed by atoms with E-state index in [1.54, 1.807) is 37.4 Å². The summed E-state index contributed by atoms with van der Waals surface area (Å²) in [5.41, 5.74) is 0.655. The monoisotopic (exact) mass is 390 g/mol. The quantitative estimate of drug-likeness (QED) is 0.817. The lowest BCUT2D eigenvalue weighted by Crippen LogP contribution is -2.49. The zero-order chi connectivity index (χ0) is 19.6. The Kier molecular flexibility index (Phi) is 5.38. The normalized spacial score (nSPS) is 16.8. The molecule has 0 saturated carbocycles. The third kappa shape index (κ3) is 4.23. The second-order valence-corrected chi connectivity index (χ2v) is 8.23. The molecule has 3 rings (SSSR count). The third-order valence-corrected chi connectivity index (χ3v) is 5.51. The van der Waals surface area contributed by atoms with Gasteiger partial charge < -0.3 is 14.4 Å². The maximum absolute atomic E-state index is 12.5. The fraction of sp³-hybridized carbons (Fsp3) is 0.316. The van der Waals surface area contributed by atoms with Crippen molar-refractivity contribution in [3.63, 3.8) is 0 Å². The number of carbonyl (C=O) groups excluding carboxylic acids is 1. The summed E-state index contributed by atoms with van der Waals surface area (Å²) in [5, 5.41) is 0. The molecule has 1 N–H and O–H groups in total. The zero-order valence-electron chi connectivity index (χ0n) is 15.4. The molecule has 1 unspecified atom stereocenters. The fourth-order valence-corrected chi connectivity index (χ4v) is 3.77. The van der Waals surface area contributed by atoms with Gasteiger partial charge in [0, 0.05) is 7.05 Å². The Labute approximate surface area is 158 Å². The Morgan fingerprint density at radius 3 is 2.48 bits per heavy atom. The molecule has 2 aromatic rings. The minimum absolute atomic E-state index is 0.0000814. The number of hydrogen-bond donors (Lipinski definition) is 1. The highest BCUT2D eigenvalue weighted by Gasteiger charge is 2.33. The van der Waals surface area contributed by atoms with Crippen LogP contribution in [-0.4, -0.2) is 40.1 Å². The van der Waals surface area contributed by atoms with Crippen LogP contribution in [0.1, 0.15) is 13.8 Å². The topological polar surface area (TPSA) is 84.9 Å². The summed E-state index contributed by atoms with van der Waals surface area (Å²) in [6.45, 7) is 3.62. The minimum atomic E-state index is -3.78. The first-order valence-electron chi connectivity index (χ1n) is 8.57. The van der Waals surface area contributed by atoms with Crippen LogP contribution in [0.4, 0.5) is 5.69 Å². The summed E-state index contributed by atoms with van der Waals surface area (Å²) in [6.07, 6.45) is -0.928. The van der Waals surface area contributed by atoms with Crippen LogP contribution in [0, 0.1) is 0 Å². The van der Waals surface area contributed by atoms with Crippen molar-refractivity contribution >= 4 is 21.6 Å². The summed E-state index contributed by atoms with van der Waals surface area (Å²) >= 11 is 0. The number of fused-ring (bicyclic) bond motifs is 1. The van der Waals surface area contributed by atoms with E-state index in [4.69, 9.17) is 9.47 Å². The van der Waals surface area contributed by atoms with Crippen LogP contribution in [0.3, 0.4) is 0 Å². The second kappa shape index (κ2) is 7.58. The molecule has 0 saturated heterocycles. The first-order chi connectivity index (χ1) is 12.8. The third-order valence-electron chi connectivity index (χ3n) is 4.07. The molecule has 27 heavy (non-hydrogen) atoms. The summed E-state index contributed by atoms with van der Waals surface area (Å²) in [4.78, 5) is 14.0. The summed E-state index contributed by atoms with van der Waals surface area (Å²) in [7, 11) is -2.14. The molecule has 1 aliphatic heterocycles. The molecule has 0 bridgehead atoms. The molecule has 1 amide bonds. The van der Waals surface area contributed by atoms with Gasteiger partial charge in [0.1, 0.15) is 11.5 Å². The van der Waals surface area contributed by atoms with Gasteiger partial charge >= 0.3 is 0 Å². The molecular formula is C19H22N2O5S. The predicted octanol–water partition coefficient (Wildman–Crippen LogP) is 2.18. The fourth-order valence-electron chi connectivity index (χ4n) is 2.74. The molecule has 0 spiro atoms. The van der Waals surface area contributed by atoms with E-state index in [0.29, 0.717) is 17.2 Å². The van der Waals surface area contributed by atoms with Crippen LogP contribution < -0.4 is 19.1 Å². The van der Waals surface area contributed by atoms with Gasteiger partial charge in [-0.05, 0) is 50.2 Å². The maximum atomic E-state index is 12.5. The number of anilines is 1. The van der Waals surface area contributed by atoms with Crippen LogP contribution >= 0.6 is 0 Å². The van der Waals surface area contributed by atoms with Gasteiger partial charge in [-0.15, -0.1) is 0 Å². The predicted molar refractivity (Wildman–Crippen MR) is 102 cm³/mol. The number of likely N-dealkylation sites (N-methyl/N-ethyl adjacent to an activating group) is 1. The highest BCUT2D eigenvalue weighted by atomic mass is 32.2. The molecule has 1 atom stereocenters. The van der Waals surface area contributed by atoms with Gasteiger partial charge in [0.25, 0.3) is 5.91 Å². The van der Waals surface area contributed by atoms with Gasteiger partial charge in [-0.2, -0.15) is 0 Å². The van der Waals surface area contributed by atoms with Crippen molar-refractivity contribution in [3.05, 3.63) is 48.5 Å². The van der Waals surface area contributed by atoms with Crippen molar-refractivity contribution < 1.29 is 22.7 Å². The molecule has 1 aliphatic rings. The Morgan fingerprint density at radius 2 is 1.81 bits per heavy atom. The van der Waals surface area contributed by atoms with E-state index >= 15 is 0 Å². The van der Waals surface area contributed by atoms with E-state index in [0.717, 1.165) is 0 Å². The van der Waals surface area contributed by atoms with Crippen molar-refractivity contribution in [1.82, 2.24) is 4.72 Å². The van der Waals surface area contributed by atoms with Crippen LogP contribution in [0.25, 0.3) is 0 Å². The molecular weight excluding hydrogens is 368 g/mol. The van der Waals surface area contributed by atoms with Crippen molar-refractivity contribution in [2.24, 2.45) is 0 Å². The number of carbonyl (C=O) groups is 1. The van der Waals surface area contributed by atoms with Crippen molar-refractivity contribution in [3.8, 4) is 11.5 Å². The Balaban J connectivity index is 1.69. The maximum Gasteiger partial charge on any atom is 0.269 e. The lowest BCUT2D eigenvalue weighted by Gasteiger charge is -2.31. The van der Waals surface area contributed by atoms with Crippen molar-refractivity contribution in [2.45, 2.75) is 31.0 Å². The number of ether oxygens (including phenoxy) is 2. The Bertz CT molecular complexity index is 925. The standard InChI is InChI=1S/C19H22N2O5S/c1-13(2)25-14-8-10-15(11-9-14)27(23,24)20-12-18-19(22)21(3)16-6-4-5-7-17(16)26-18/h4-11,13,18,20H,12H2,1-3H3. The second-order valence-electron chi connectivity index (χ2n) is 6.46. The Morgan fingerprint density at radius 1 is 1.15 bits per heavy atom. The number of amides is 1. The number of sulfonamides is 1. The molecule has 2 aromatic carbocycles. The smallest absolute Gasteiger partial charge is 0.269 e. The Hall–Kier alpha value is -2.58. The number of nitrogens with zero attached hydrogens (tertiary/aromatic N) is 1. The lowest BCUT2D eigenvalue weighted by molar-refractivity contribution is -0.125. The largest absolute Gasteiger partial charge is 0.491 e. The number of para-hydroxylation sites is 2. The van der Waals surface area contributed by atoms with Gasteiger partial charge in [0.05, 0.1) is 23.2 Å². The first-order valence-corrected chi connectivity index (χ1v) is 10.1. The number of nitrogens with one attached hydrogen (secondary N) is 1. The average Bonchev–Trinajstić information content (AvgIpc) is 2.63. The van der Waals surface area contributed by atoms with E-state index in [1.807, 2.05) is 19.9 Å². The SMILES string of the molecule is CC(C)Oc1ccc(S(=O)(=O)NCC2Oc3ccccc3N(C)C2=O)cc1. The lowest BCUT2D eigenvalue weighted by atomic mass is 10.2. The first kappa shape index (κ1) is 19.2. The molecule has 0 aromatic heterocycles. The minimum Gasteiger partial charge on any atom is -0.491 e. The number of rotatable bonds is 6. The van der Waals surface area contributed by atoms with Crippen molar-refractivity contribution in [2.75, 3.05) is 18.5 Å². The van der Waals surface area contributed by atoms with Gasteiger partial charge in [-0.3, -0.25) is 4.79 Å². The molecule has 1 heterocycles. The molecule has 8 heteroatoms.